The third kappa shape index (κ3) is 8.72. The van der Waals surface area contributed by atoms with Crippen LogP contribution < -0.4 is 16.0 Å². The van der Waals surface area contributed by atoms with E-state index in [4.69, 9.17) is 0 Å². The van der Waals surface area contributed by atoms with Crippen molar-refractivity contribution in [1.82, 2.24) is 10.6 Å². The minimum Gasteiger partial charge on any atom is -0.356 e. The van der Waals surface area contributed by atoms with Gasteiger partial charge in [-0.1, -0.05) is 26.7 Å². The topological polar surface area (TPSA) is 65.5 Å². The summed E-state index contributed by atoms with van der Waals surface area (Å²) in [4.78, 5) is 15.8. The zero-order valence-electron chi connectivity index (χ0n) is 15.2. The number of nitrogens with one attached hydrogen (secondary N) is 3. The Labute approximate surface area is 169 Å². The fourth-order valence-corrected chi connectivity index (χ4v) is 2.09. The minimum atomic E-state index is -1.62. The van der Waals surface area contributed by atoms with Gasteiger partial charge in [0.2, 0.25) is 5.91 Å². The molecule has 1 rings (SSSR count). The second-order valence-electron chi connectivity index (χ2n) is 6.01. The predicted octanol–water partition coefficient (Wildman–Crippen LogP) is 3.65. The Kier molecular flexibility index (Phi) is 12.0. The summed E-state index contributed by atoms with van der Waals surface area (Å²) >= 11 is 0. The van der Waals surface area contributed by atoms with Crippen LogP contribution in [0.15, 0.2) is 17.1 Å². The van der Waals surface area contributed by atoms with E-state index >= 15 is 0 Å². The van der Waals surface area contributed by atoms with Gasteiger partial charge in [-0.05, 0) is 24.5 Å². The second kappa shape index (κ2) is 12.8. The van der Waals surface area contributed by atoms with Gasteiger partial charge in [-0.25, -0.2) is 13.2 Å². The Morgan fingerprint density at radius 3 is 2.42 bits per heavy atom. The van der Waals surface area contributed by atoms with Gasteiger partial charge in [-0.15, -0.1) is 24.0 Å². The highest BCUT2D eigenvalue weighted by atomic mass is 127. The predicted molar refractivity (Wildman–Crippen MR) is 108 cm³/mol. The van der Waals surface area contributed by atoms with Gasteiger partial charge in [0.1, 0.15) is 0 Å². The van der Waals surface area contributed by atoms with Crippen LogP contribution in [0, 0.1) is 23.4 Å². The van der Waals surface area contributed by atoms with Gasteiger partial charge in [-0.3, -0.25) is 9.79 Å². The number of hydrogen-bond acceptors (Lipinski definition) is 2. The van der Waals surface area contributed by atoms with Crippen molar-refractivity contribution in [3.05, 3.63) is 29.6 Å². The lowest BCUT2D eigenvalue weighted by Crippen LogP contribution is -2.41. The van der Waals surface area contributed by atoms with Crippen molar-refractivity contribution in [3.8, 4) is 0 Å². The average molecular weight is 486 g/mol. The molecule has 3 N–H and O–H groups in total. The number of halogens is 4. The van der Waals surface area contributed by atoms with E-state index in [0.29, 0.717) is 18.4 Å². The molecule has 148 valence electrons. The van der Waals surface area contributed by atoms with E-state index in [1.807, 2.05) is 0 Å². The summed E-state index contributed by atoms with van der Waals surface area (Å²) < 4.78 is 39.5. The summed E-state index contributed by atoms with van der Waals surface area (Å²) in [5.41, 5.74) is -0.415. The van der Waals surface area contributed by atoms with Crippen molar-refractivity contribution in [3.63, 3.8) is 0 Å². The fourth-order valence-electron chi connectivity index (χ4n) is 2.09. The molecule has 0 heterocycles. The lowest BCUT2D eigenvalue weighted by molar-refractivity contribution is -0.115. The zero-order chi connectivity index (χ0) is 18.8. The molecule has 9 heteroatoms. The lowest BCUT2D eigenvalue weighted by Gasteiger charge is -2.12. The molecular weight excluding hydrogens is 460 g/mol. The molecule has 1 amide bonds. The quantitative estimate of drug-likeness (QED) is 0.173. The highest BCUT2D eigenvalue weighted by Gasteiger charge is 2.15. The zero-order valence-corrected chi connectivity index (χ0v) is 17.5. The molecule has 26 heavy (non-hydrogen) atoms. The Balaban J connectivity index is 0.00000625. The van der Waals surface area contributed by atoms with Crippen molar-refractivity contribution in [2.45, 2.75) is 33.1 Å². The maximum absolute atomic E-state index is 13.5. The molecule has 0 unspecified atom stereocenters. The molecule has 0 aliphatic heterocycles. The first-order chi connectivity index (χ1) is 11.8. The number of anilines is 1. The van der Waals surface area contributed by atoms with Crippen LogP contribution in [-0.4, -0.2) is 32.0 Å². The van der Waals surface area contributed by atoms with Gasteiger partial charge in [-0.2, -0.15) is 0 Å². The van der Waals surface area contributed by atoms with Crippen LogP contribution >= 0.6 is 24.0 Å². The van der Waals surface area contributed by atoms with Crippen molar-refractivity contribution < 1.29 is 18.0 Å². The second-order valence-corrected chi connectivity index (χ2v) is 6.01. The van der Waals surface area contributed by atoms with Crippen LogP contribution in [0.2, 0.25) is 0 Å². The van der Waals surface area contributed by atoms with Crippen LogP contribution in [0.1, 0.15) is 33.1 Å². The van der Waals surface area contributed by atoms with Crippen LogP contribution in [0.4, 0.5) is 18.9 Å². The summed E-state index contributed by atoms with van der Waals surface area (Å²) in [7, 11) is 1.57. The molecule has 0 spiro atoms. The fraction of sp³-hybridized carbons (Fsp3) is 0.529. The molecule has 0 fully saturated rings. The number of aliphatic imine (C=N–C) groups is 1. The molecule has 1 aromatic carbocycles. The first kappa shape index (κ1) is 24.5. The van der Waals surface area contributed by atoms with E-state index in [-0.39, 0.29) is 30.5 Å². The number of guanidine groups is 1. The first-order valence-corrected chi connectivity index (χ1v) is 8.23. The number of hydrogen-bond donors (Lipinski definition) is 3. The molecule has 1 aromatic rings. The van der Waals surface area contributed by atoms with E-state index in [9.17, 15) is 18.0 Å². The Bertz CT molecular complexity index is 612. The van der Waals surface area contributed by atoms with Gasteiger partial charge < -0.3 is 16.0 Å². The Hall–Kier alpha value is -1.52. The largest absolute Gasteiger partial charge is 0.356 e. The number of unbranched alkanes of at least 4 members (excludes halogenated alkanes) is 1. The van der Waals surface area contributed by atoms with Crippen LogP contribution in [0.3, 0.4) is 0 Å². The lowest BCUT2D eigenvalue weighted by atomic mass is 10.1. The van der Waals surface area contributed by atoms with E-state index in [0.717, 1.165) is 31.4 Å². The van der Waals surface area contributed by atoms with Gasteiger partial charge in [0, 0.05) is 13.6 Å². The van der Waals surface area contributed by atoms with Crippen molar-refractivity contribution >= 4 is 41.5 Å². The third-order valence-electron chi connectivity index (χ3n) is 3.45. The number of nitrogens with zero attached hydrogens (tertiary/aromatic N) is 1. The number of benzene rings is 1. The van der Waals surface area contributed by atoms with E-state index < -0.39 is 29.0 Å². The average Bonchev–Trinajstić information content (AvgIpc) is 2.57. The standard InChI is InChI=1S/C17H25F3N4O.HI/c1-11(2)6-4-5-9-22-17(21-3)23-10-14(25)24-13-8-7-12(18)15(19)16(13)20;/h7-8,11H,4-6,9-10H2,1-3H3,(H,24,25)(H2,21,22,23);1H. The number of carbonyl (C=O) groups is 1. The third-order valence-corrected chi connectivity index (χ3v) is 3.45. The summed E-state index contributed by atoms with van der Waals surface area (Å²) in [5.74, 6) is -3.86. The highest BCUT2D eigenvalue weighted by molar-refractivity contribution is 14.0. The Morgan fingerprint density at radius 2 is 1.81 bits per heavy atom. The molecule has 0 aliphatic rings. The van der Waals surface area contributed by atoms with E-state index in [1.165, 1.54) is 0 Å². The van der Waals surface area contributed by atoms with Gasteiger partial charge in [0.15, 0.2) is 23.4 Å². The summed E-state index contributed by atoms with van der Waals surface area (Å²) in [6.07, 6.45) is 3.22. The van der Waals surface area contributed by atoms with Crippen LogP contribution in [-0.2, 0) is 4.79 Å². The SMILES string of the molecule is CN=C(NCCCCC(C)C)NCC(=O)Nc1ccc(F)c(F)c1F.I. The van der Waals surface area contributed by atoms with E-state index in [1.54, 1.807) is 7.05 Å². The molecular formula is C17H26F3IN4O. The van der Waals surface area contributed by atoms with Gasteiger partial charge >= 0.3 is 0 Å². The monoisotopic (exact) mass is 486 g/mol. The molecule has 0 radical (unpaired) electrons. The molecule has 0 atom stereocenters. The molecule has 0 bridgehead atoms. The number of rotatable bonds is 8. The molecule has 0 aromatic heterocycles. The Morgan fingerprint density at radius 1 is 1.12 bits per heavy atom. The first-order valence-electron chi connectivity index (χ1n) is 8.23. The summed E-state index contributed by atoms with van der Waals surface area (Å²) in [5, 5.41) is 8.02. The minimum absolute atomic E-state index is 0. The summed E-state index contributed by atoms with van der Waals surface area (Å²) in [6, 6.07) is 1.71. The van der Waals surface area contributed by atoms with Gasteiger partial charge in [0.25, 0.3) is 0 Å². The number of amides is 1. The maximum atomic E-state index is 13.5. The van der Waals surface area contributed by atoms with Crippen molar-refractivity contribution in [2.75, 3.05) is 25.5 Å². The molecule has 0 aliphatic carbocycles. The summed E-state index contributed by atoms with van der Waals surface area (Å²) in [6.45, 7) is 4.86. The number of carbonyl (C=O) groups excluding carboxylic acids is 1. The molecule has 0 saturated heterocycles. The van der Waals surface area contributed by atoms with Crippen LogP contribution in [0.25, 0.3) is 0 Å². The smallest absolute Gasteiger partial charge is 0.243 e. The van der Waals surface area contributed by atoms with Gasteiger partial charge in [0.05, 0.1) is 12.2 Å². The maximum Gasteiger partial charge on any atom is 0.243 e. The molecule has 0 saturated carbocycles. The van der Waals surface area contributed by atoms with E-state index in [2.05, 4.69) is 34.8 Å². The normalized spacial score (nSPS) is 11.1. The molecule has 5 nitrogen and oxygen atoms in total. The van der Waals surface area contributed by atoms with Crippen molar-refractivity contribution in [1.29, 1.82) is 0 Å². The van der Waals surface area contributed by atoms with Crippen LogP contribution in [0.5, 0.6) is 0 Å². The highest BCUT2D eigenvalue weighted by Crippen LogP contribution is 2.19. The van der Waals surface area contributed by atoms with Crippen molar-refractivity contribution in [2.24, 2.45) is 10.9 Å².